The molecule has 1 heterocycles. The van der Waals surface area contributed by atoms with Crippen molar-refractivity contribution in [2.24, 2.45) is 0 Å². The van der Waals surface area contributed by atoms with E-state index in [1.54, 1.807) is 25.1 Å². The van der Waals surface area contributed by atoms with Crippen molar-refractivity contribution >= 4 is 12.0 Å². The normalized spacial score (nSPS) is 12.2. The minimum absolute atomic E-state index is 0.0963. The highest BCUT2D eigenvalue weighted by molar-refractivity contribution is 5.91. The lowest BCUT2D eigenvalue weighted by molar-refractivity contribution is -0.125. The van der Waals surface area contributed by atoms with Crippen LogP contribution in [-0.4, -0.2) is 44.9 Å². The molecule has 1 aliphatic heterocycles. The van der Waals surface area contributed by atoms with E-state index in [0.717, 1.165) is 22.8 Å². The number of hydrogen-bond acceptors (Lipinski definition) is 5. The first-order chi connectivity index (χ1) is 12.7. The Bertz CT molecular complexity index is 785. The Hall–Kier alpha value is -3.15. The summed E-state index contributed by atoms with van der Waals surface area (Å²) in [5.41, 5.74) is 0.880. The number of rotatable bonds is 7. The lowest BCUT2D eigenvalue weighted by Gasteiger charge is -2.15. The molecule has 0 aliphatic carbocycles. The summed E-state index contributed by atoms with van der Waals surface area (Å²) in [5.74, 6) is 2.84. The Morgan fingerprint density at radius 3 is 2.62 bits per heavy atom. The number of methoxy groups -OCH3 is 1. The molecule has 136 valence electrons. The minimum Gasteiger partial charge on any atom is -0.497 e. The molecule has 0 saturated carbocycles. The molecule has 6 nitrogen and oxygen atoms in total. The number of nitrogens with zero attached hydrogens (tertiary/aromatic N) is 1. The van der Waals surface area contributed by atoms with Gasteiger partial charge in [-0.3, -0.25) is 4.79 Å². The van der Waals surface area contributed by atoms with Gasteiger partial charge >= 0.3 is 0 Å². The fraction of sp³-hybridized carbons (Fsp3) is 0.250. The molecular weight excluding hydrogens is 334 g/mol. The Labute approximate surface area is 152 Å². The average molecular weight is 355 g/mol. The van der Waals surface area contributed by atoms with Crippen LogP contribution in [0.4, 0.5) is 0 Å². The molecule has 2 aromatic rings. The standard InChI is InChI=1S/C20H21NO5/c1-21(11-12-24-17-7-5-16(23-2)6-8-17)20(22)10-4-15-3-9-18-19(13-15)26-14-25-18/h3-10,13H,11-12,14H2,1-2H3/b10-4+. The van der Waals surface area contributed by atoms with Crippen LogP contribution in [0.2, 0.25) is 0 Å². The van der Waals surface area contributed by atoms with Gasteiger partial charge in [0.2, 0.25) is 12.7 Å². The smallest absolute Gasteiger partial charge is 0.246 e. The zero-order valence-electron chi connectivity index (χ0n) is 14.8. The summed E-state index contributed by atoms with van der Waals surface area (Å²) >= 11 is 0. The van der Waals surface area contributed by atoms with Crippen LogP contribution in [0.15, 0.2) is 48.5 Å². The van der Waals surface area contributed by atoms with Crippen LogP contribution in [0, 0.1) is 0 Å². The highest BCUT2D eigenvalue weighted by Gasteiger charge is 2.12. The van der Waals surface area contributed by atoms with Crippen LogP contribution in [0.5, 0.6) is 23.0 Å². The third-order valence-corrected chi connectivity index (χ3v) is 3.95. The highest BCUT2D eigenvalue weighted by atomic mass is 16.7. The first kappa shape index (κ1) is 17.7. The molecule has 0 fully saturated rings. The van der Waals surface area contributed by atoms with Gasteiger partial charge in [-0.05, 0) is 48.0 Å². The Morgan fingerprint density at radius 1 is 1.12 bits per heavy atom. The van der Waals surface area contributed by atoms with Gasteiger partial charge in [-0.2, -0.15) is 0 Å². The van der Waals surface area contributed by atoms with Gasteiger partial charge in [-0.15, -0.1) is 0 Å². The monoisotopic (exact) mass is 355 g/mol. The second kappa shape index (κ2) is 8.29. The number of likely N-dealkylation sites (N-methyl/N-ethyl adjacent to an activating group) is 1. The van der Waals surface area contributed by atoms with Crippen LogP contribution in [0.25, 0.3) is 6.08 Å². The molecule has 0 radical (unpaired) electrons. The van der Waals surface area contributed by atoms with Crippen LogP contribution in [0.1, 0.15) is 5.56 Å². The maximum atomic E-state index is 12.2. The number of fused-ring (bicyclic) bond motifs is 1. The topological polar surface area (TPSA) is 57.2 Å². The van der Waals surface area contributed by atoms with Crippen LogP contribution in [0.3, 0.4) is 0 Å². The summed E-state index contributed by atoms with van der Waals surface area (Å²) < 4.78 is 21.3. The van der Waals surface area contributed by atoms with Gasteiger partial charge in [-0.25, -0.2) is 0 Å². The zero-order valence-corrected chi connectivity index (χ0v) is 14.8. The maximum Gasteiger partial charge on any atom is 0.246 e. The molecule has 6 heteroatoms. The lowest BCUT2D eigenvalue weighted by Crippen LogP contribution is -2.29. The molecule has 26 heavy (non-hydrogen) atoms. The van der Waals surface area contributed by atoms with E-state index >= 15 is 0 Å². The Morgan fingerprint density at radius 2 is 1.85 bits per heavy atom. The molecule has 0 N–H and O–H groups in total. The third-order valence-electron chi connectivity index (χ3n) is 3.95. The fourth-order valence-corrected chi connectivity index (χ4v) is 2.39. The molecule has 0 atom stereocenters. The average Bonchev–Trinajstić information content (AvgIpc) is 3.14. The van der Waals surface area contributed by atoms with Gasteiger partial charge in [0, 0.05) is 13.1 Å². The van der Waals surface area contributed by atoms with Crippen LogP contribution >= 0.6 is 0 Å². The van der Waals surface area contributed by atoms with Crippen molar-refractivity contribution < 1.29 is 23.7 Å². The van der Waals surface area contributed by atoms with E-state index in [2.05, 4.69) is 0 Å². The van der Waals surface area contributed by atoms with Gasteiger partial charge < -0.3 is 23.8 Å². The lowest BCUT2D eigenvalue weighted by atomic mass is 10.2. The molecule has 3 rings (SSSR count). The second-order valence-electron chi connectivity index (χ2n) is 5.73. The molecular formula is C20H21NO5. The highest BCUT2D eigenvalue weighted by Crippen LogP contribution is 2.32. The van der Waals surface area contributed by atoms with Gasteiger partial charge in [0.1, 0.15) is 18.1 Å². The number of carbonyl (C=O) groups is 1. The molecule has 0 spiro atoms. The van der Waals surface area contributed by atoms with Crippen molar-refractivity contribution in [2.75, 3.05) is 34.1 Å². The minimum atomic E-state index is -0.0963. The van der Waals surface area contributed by atoms with Gasteiger partial charge in [0.05, 0.1) is 13.7 Å². The summed E-state index contributed by atoms with van der Waals surface area (Å²) in [6, 6.07) is 12.9. The molecule has 1 amide bonds. The molecule has 0 unspecified atom stereocenters. The summed E-state index contributed by atoms with van der Waals surface area (Å²) in [7, 11) is 3.36. The second-order valence-corrected chi connectivity index (χ2v) is 5.73. The van der Waals surface area contributed by atoms with Crippen LogP contribution in [-0.2, 0) is 4.79 Å². The number of benzene rings is 2. The predicted molar refractivity (Wildman–Crippen MR) is 97.7 cm³/mol. The number of amides is 1. The van der Waals surface area contributed by atoms with Gasteiger partial charge in [0.15, 0.2) is 11.5 Å². The van der Waals surface area contributed by atoms with Crippen molar-refractivity contribution in [2.45, 2.75) is 0 Å². The Kier molecular flexibility index (Phi) is 5.63. The van der Waals surface area contributed by atoms with E-state index in [9.17, 15) is 4.79 Å². The molecule has 0 saturated heterocycles. The van der Waals surface area contributed by atoms with Crippen LogP contribution < -0.4 is 18.9 Å². The molecule has 0 aromatic heterocycles. The number of ether oxygens (including phenoxy) is 4. The first-order valence-electron chi connectivity index (χ1n) is 8.25. The third kappa shape index (κ3) is 4.47. The van der Waals surface area contributed by atoms with Gasteiger partial charge in [-0.1, -0.05) is 6.07 Å². The van der Waals surface area contributed by atoms with E-state index in [4.69, 9.17) is 18.9 Å². The summed E-state index contributed by atoms with van der Waals surface area (Å²) in [6.07, 6.45) is 3.29. The predicted octanol–water partition coefficient (Wildman–Crippen LogP) is 2.97. The van der Waals surface area contributed by atoms with E-state index < -0.39 is 0 Å². The maximum absolute atomic E-state index is 12.2. The zero-order chi connectivity index (χ0) is 18.4. The van der Waals surface area contributed by atoms with Crippen molar-refractivity contribution in [3.05, 3.63) is 54.1 Å². The molecule has 1 aliphatic rings. The van der Waals surface area contributed by atoms with E-state index in [0.29, 0.717) is 18.9 Å². The van der Waals surface area contributed by atoms with E-state index in [1.807, 2.05) is 42.5 Å². The first-order valence-corrected chi connectivity index (χ1v) is 8.25. The molecule has 0 bridgehead atoms. The SMILES string of the molecule is COc1ccc(OCCN(C)C(=O)/C=C/c2ccc3c(c2)OCO3)cc1. The summed E-state index contributed by atoms with van der Waals surface area (Å²) in [6.45, 7) is 1.13. The summed E-state index contributed by atoms with van der Waals surface area (Å²) in [4.78, 5) is 13.8. The number of hydrogen-bond donors (Lipinski definition) is 0. The van der Waals surface area contributed by atoms with Gasteiger partial charge in [0.25, 0.3) is 0 Å². The fourth-order valence-electron chi connectivity index (χ4n) is 2.39. The van der Waals surface area contributed by atoms with E-state index in [-0.39, 0.29) is 12.7 Å². The van der Waals surface area contributed by atoms with Crippen molar-refractivity contribution in [3.63, 3.8) is 0 Å². The Balaban J connectivity index is 1.46. The van der Waals surface area contributed by atoms with Crippen molar-refractivity contribution in [1.29, 1.82) is 0 Å². The van der Waals surface area contributed by atoms with E-state index in [1.165, 1.54) is 6.08 Å². The summed E-state index contributed by atoms with van der Waals surface area (Å²) in [5, 5.41) is 0. The van der Waals surface area contributed by atoms with Crippen molar-refractivity contribution in [3.8, 4) is 23.0 Å². The largest absolute Gasteiger partial charge is 0.497 e. The van der Waals surface area contributed by atoms with Crippen molar-refractivity contribution in [1.82, 2.24) is 4.90 Å². The molecule has 2 aromatic carbocycles. The quantitative estimate of drug-likeness (QED) is 0.715. The number of carbonyl (C=O) groups excluding carboxylic acids is 1.